The maximum absolute atomic E-state index is 13.0. The van der Waals surface area contributed by atoms with E-state index < -0.39 is 5.92 Å². The minimum absolute atomic E-state index is 0.105. The van der Waals surface area contributed by atoms with E-state index in [1.54, 1.807) is 53.4 Å². The van der Waals surface area contributed by atoms with Gasteiger partial charge in [-0.1, -0.05) is 29.8 Å². The third-order valence-corrected chi connectivity index (χ3v) is 6.32. The van der Waals surface area contributed by atoms with E-state index >= 15 is 0 Å². The molecule has 0 saturated carbocycles. The fourth-order valence-electron chi connectivity index (χ4n) is 4.23. The van der Waals surface area contributed by atoms with Crippen LogP contribution in [-0.2, 0) is 14.3 Å². The summed E-state index contributed by atoms with van der Waals surface area (Å²) in [5.74, 6) is -1.17. The van der Waals surface area contributed by atoms with Crippen molar-refractivity contribution in [1.82, 2.24) is 10.2 Å². The Morgan fingerprint density at radius 2 is 1.88 bits per heavy atom. The lowest BCUT2D eigenvalue weighted by Gasteiger charge is -2.26. The molecule has 0 unspecified atom stereocenters. The molecule has 0 aliphatic carbocycles. The standard InChI is InChI=1S/C25H29ClN4O4/c26-19-5-3-6-20(16-19)30-17-18(15-23(30)31)24(32)28-22-8-2-1-7-21(22)25(33)27-9-4-10-29-11-13-34-14-12-29/h1-3,5-8,16,18H,4,9-15,17H2,(H,27,33)(H,28,32)/t18-/m1/s1. The van der Waals surface area contributed by atoms with Gasteiger partial charge in [0.05, 0.1) is 30.4 Å². The molecule has 3 amide bonds. The Labute approximate surface area is 204 Å². The first kappa shape index (κ1) is 24.2. The third kappa shape index (κ3) is 6.14. The molecule has 2 aliphatic rings. The summed E-state index contributed by atoms with van der Waals surface area (Å²) in [4.78, 5) is 42.1. The Balaban J connectivity index is 1.32. The van der Waals surface area contributed by atoms with Gasteiger partial charge in [0.2, 0.25) is 11.8 Å². The van der Waals surface area contributed by atoms with Crippen LogP contribution in [0.5, 0.6) is 0 Å². The molecule has 2 saturated heterocycles. The van der Waals surface area contributed by atoms with Gasteiger partial charge in [-0.2, -0.15) is 0 Å². The van der Waals surface area contributed by atoms with Crippen molar-refractivity contribution in [2.75, 3.05) is 56.2 Å². The third-order valence-electron chi connectivity index (χ3n) is 6.09. The van der Waals surface area contributed by atoms with Gasteiger partial charge >= 0.3 is 0 Å². The molecule has 180 valence electrons. The van der Waals surface area contributed by atoms with E-state index in [2.05, 4.69) is 15.5 Å². The van der Waals surface area contributed by atoms with Crippen molar-refractivity contribution in [1.29, 1.82) is 0 Å². The maximum atomic E-state index is 13.0. The Morgan fingerprint density at radius 3 is 2.68 bits per heavy atom. The first-order valence-corrected chi connectivity index (χ1v) is 11.9. The molecular formula is C25H29ClN4O4. The van der Waals surface area contributed by atoms with Gasteiger partial charge in [-0.05, 0) is 43.3 Å². The molecule has 0 radical (unpaired) electrons. The molecule has 2 heterocycles. The lowest BCUT2D eigenvalue weighted by Crippen LogP contribution is -2.38. The van der Waals surface area contributed by atoms with Gasteiger partial charge in [0.1, 0.15) is 0 Å². The highest BCUT2D eigenvalue weighted by Crippen LogP contribution is 2.28. The molecule has 2 aromatic rings. The lowest BCUT2D eigenvalue weighted by molar-refractivity contribution is -0.122. The molecule has 9 heteroatoms. The summed E-state index contributed by atoms with van der Waals surface area (Å²) < 4.78 is 5.35. The van der Waals surface area contributed by atoms with Gasteiger partial charge in [-0.3, -0.25) is 19.3 Å². The molecule has 2 aliphatic heterocycles. The predicted octanol–water partition coefficient (Wildman–Crippen LogP) is 2.78. The predicted molar refractivity (Wildman–Crippen MR) is 131 cm³/mol. The summed E-state index contributed by atoms with van der Waals surface area (Å²) in [7, 11) is 0. The summed E-state index contributed by atoms with van der Waals surface area (Å²) >= 11 is 6.05. The molecule has 2 fully saturated rings. The van der Waals surface area contributed by atoms with E-state index in [4.69, 9.17) is 16.3 Å². The zero-order valence-electron chi connectivity index (χ0n) is 19.0. The van der Waals surface area contributed by atoms with Crippen LogP contribution in [0.15, 0.2) is 48.5 Å². The topological polar surface area (TPSA) is 91.0 Å². The first-order valence-electron chi connectivity index (χ1n) is 11.6. The molecule has 34 heavy (non-hydrogen) atoms. The van der Waals surface area contributed by atoms with Crippen molar-refractivity contribution < 1.29 is 19.1 Å². The molecule has 2 N–H and O–H groups in total. The van der Waals surface area contributed by atoms with E-state index in [1.165, 1.54) is 0 Å². The van der Waals surface area contributed by atoms with Crippen LogP contribution < -0.4 is 15.5 Å². The number of carbonyl (C=O) groups is 3. The van der Waals surface area contributed by atoms with Gasteiger partial charge in [0.15, 0.2) is 0 Å². The maximum Gasteiger partial charge on any atom is 0.253 e. The van der Waals surface area contributed by atoms with Crippen LogP contribution in [0.3, 0.4) is 0 Å². The highest BCUT2D eigenvalue weighted by molar-refractivity contribution is 6.31. The zero-order valence-corrected chi connectivity index (χ0v) is 19.7. The molecule has 0 aromatic heterocycles. The van der Waals surface area contributed by atoms with E-state index in [0.29, 0.717) is 28.5 Å². The van der Waals surface area contributed by atoms with Crippen LogP contribution >= 0.6 is 11.6 Å². The minimum Gasteiger partial charge on any atom is -0.379 e. The minimum atomic E-state index is -0.517. The average molecular weight is 485 g/mol. The van der Waals surface area contributed by atoms with Crippen molar-refractivity contribution in [3.63, 3.8) is 0 Å². The number of halogens is 1. The van der Waals surface area contributed by atoms with Crippen molar-refractivity contribution in [2.24, 2.45) is 5.92 Å². The molecule has 1 atom stereocenters. The van der Waals surface area contributed by atoms with Gasteiger partial charge in [-0.15, -0.1) is 0 Å². The second-order valence-corrected chi connectivity index (χ2v) is 8.92. The monoisotopic (exact) mass is 484 g/mol. The number of hydrogen-bond donors (Lipinski definition) is 2. The second kappa shape index (κ2) is 11.5. The summed E-state index contributed by atoms with van der Waals surface area (Å²) in [6, 6.07) is 13.9. The molecule has 0 spiro atoms. The second-order valence-electron chi connectivity index (χ2n) is 8.48. The van der Waals surface area contributed by atoms with E-state index in [1.807, 2.05) is 0 Å². The fraction of sp³-hybridized carbons (Fsp3) is 0.400. The highest BCUT2D eigenvalue weighted by atomic mass is 35.5. The lowest BCUT2D eigenvalue weighted by atomic mass is 10.1. The molecule has 0 bridgehead atoms. The van der Waals surface area contributed by atoms with Gasteiger partial charge in [0.25, 0.3) is 5.91 Å². The van der Waals surface area contributed by atoms with Crippen LogP contribution in [0, 0.1) is 5.92 Å². The Bertz CT molecular complexity index is 1040. The number of ether oxygens (including phenoxy) is 1. The summed E-state index contributed by atoms with van der Waals surface area (Å²) in [5, 5.41) is 6.32. The number of nitrogens with one attached hydrogen (secondary N) is 2. The largest absolute Gasteiger partial charge is 0.379 e. The van der Waals surface area contributed by atoms with Crippen LogP contribution in [0.25, 0.3) is 0 Å². The molecule has 2 aromatic carbocycles. The van der Waals surface area contributed by atoms with Gasteiger partial charge in [-0.25, -0.2) is 0 Å². The number of benzene rings is 2. The zero-order chi connectivity index (χ0) is 23.9. The summed E-state index contributed by atoms with van der Waals surface area (Å²) in [6.07, 6.45) is 0.942. The summed E-state index contributed by atoms with van der Waals surface area (Å²) in [5.41, 5.74) is 1.51. The van der Waals surface area contributed by atoms with E-state index in [-0.39, 0.29) is 30.7 Å². The number of carbonyl (C=O) groups excluding carboxylic acids is 3. The Hall–Kier alpha value is -2.94. The van der Waals surface area contributed by atoms with Crippen molar-refractivity contribution in [3.05, 3.63) is 59.1 Å². The molecular weight excluding hydrogens is 456 g/mol. The summed E-state index contributed by atoms with van der Waals surface area (Å²) in [6.45, 7) is 5.06. The van der Waals surface area contributed by atoms with Crippen LogP contribution in [-0.4, -0.2) is 68.6 Å². The van der Waals surface area contributed by atoms with Crippen molar-refractivity contribution in [3.8, 4) is 0 Å². The highest BCUT2D eigenvalue weighted by Gasteiger charge is 2.35. The van der Waals surface area contributed by atoms with Gasteiger partial charge in [0, 0.05) is 43.3 Å². The number of hydrogen-bond acceptors (Lipinski definition) is 5. The quantitative estimate of drug-likeness (QED) is 0.562. The van der Waals surface area contributed by atoms with Gasteiger partial charge < -0.3 is 20.3 Å². The van der Waals surface area contributed by atoms with Crippen LogP contribution in [0.2, 0.25) is 5.02 Å². The average Bonchev–Trinajstić information content (AvgIpc) is 3.24. The van der Waals surface area contributed by atoms with Crippen molar-refractivity contribution >= 4 is 40.7 Å². The Morgan fingerprint density at radius 1 is 1.09 bits per heavy atom. The molecule has 4 rings (SSSR count). The van der Waals surface area contributed by atoms with E-state index in [9.17, 15) is 14.4 Å². The first-order chi connectivity index (χ1) is 16.5. The number of morpholine rings is 1. The number of amides is 3. The van der Waals surface area contributed by atoms with Crippen LogP contribution in [0.1, 0.15) is 23.2 Å². The number of para-hydroxylation sites is 1. The number of nitrogens with zero attached hydrogens (tertiary/aromatic N) is 2. The SMILES string of the molecule is O=C(NCCCN1CCOCC1)c1ccccc1NC(=O)[C@@H]1CC(=O)N(c2cccc(Cl)c2)C1. The van der Waals surface area contributed by atoms with Crippen LogP contribution in [0.4, 0.5) is 11.4 Å². The number of anilines is 2. The number of rotatable bonds is 8. The van der Waals surface area contributed by atoms with E-state index in [0.717, 1.165) is 39.3 Å². The normalized spacial score (nSPS) is 18.7. The fourth-order valence-corrected chi connectivity index (χ4v) is 4.41. The van der Waals surface area contributed by atoms with Crippen molar-refractivity contribution in [2.45, 2.75) is 12.8 Å². The Kier molecular flexibility index (Phi) is 8.16. The smallest absolute Gasteiger partial charge is 0.253 e. The molecule has 8 nitrogen and oxygen atoms in total.